The molecule has 0 amide bonds. The molecule has 0 unspecified atom stereocenters. The molecule has 0 saturated carbocycles. The Kier molecular flexibility index (Phi) is 6.26. The average molecular weight is 432 g/mol. The molecule has 0 radical (unpaired) electrons. The van der Waals surface area contributed by atoms with E-state index in [1.54, 1.807) is 30.5 Å². The van der Waals surface area contributed by atoms with Crippen molar-refractivity contribution >= 4 is 9.84 Å². The zero-order valence-corrected chi connectivity index (χ0v) is 17.7. The Labute approximate surface area is 175 Å². The summed E-state index contributed by atoms with van der Waals surface area (Å²) in [5.41, 5.74) is 1.000. The molecular weight excluding hydrogens is 406 g/mol. The topological polar surface area (TPSA) is 103 Å². The summed E-state index contributed by atoms with van der Waals surface area (Å²) in [5.74, 6) is 0.988. The lowest BCUT2D eigenvalue weighted by molar-refractivity contribution is 0.0641. The highest BCUT2D eigenvalue weighted by Crippen LogP contribution is 2.18. The van der Waals surface area contributed by atoms with Crippen molar-refractivity contribution in [2.45, 2.75) is 49.7 Å². The number of nitrogens with zero attached hydrogens (tertiary/aromatic N) is 5. The number of benzene rings is 1. The molecule has 30 heavy (non-hydrogen) atoms. The van der Waals surface area contributed by atoms with Crippen LogP contribution in [0.15, 0.2) is 52.0 Å². The predicted molar refractivity (Wildman–Crippen MR) is 108 cm³/mol. The fraction of sp³-hybridized carbons (Fsp3) is 0.450. The second-order valence-electron chi connectivity index (χ2n) is 7.54. The van der Waals surface area contributed by atoms with E-state index in [0.29, 0.717) is 25.5 Å². The van der Waals surface area contributed by atoms with E-state index < -0.39 is 9.84 Å². The maximum Gasteiger partial charge on any atom is 0.198 e. The largest absolute Gasteiger partial charge is 0.468 e. The van der Waals surface area contributed by atoms with Gasteiger partial charge in [0.2, 0.25) is 0 Å². The van der Waals surface area contributed by atoms with E-state index in [1.165, 1.54) is 4.68 Å². The first-order valence-electron chi connectivity index (χ1n) is 9.90. The quantitative estimate of drug-likeness (QED) is 0.508. The summed E-state index contributed by atoms with van der Waals surface area (Å²) in [7, 11) is -3.57. The lowest BCUT2D eigenvalue weighted by atomic mass is 10.2. The van der Waals surface area contributed by atoms with Gasteiger partial charge < -0.3 is 9.15 Å². The Hall–Kier alpha value is -2.56. The minimum atomic E-state index is -3.57. The van der Waals surface area contributed by atoms with Gasteiger partial charge in [-0.1, -0.05) is 17.7 Å². The molecule has 1 aromatic carbocycles. The van der Waals surface area contributed by atoms with Crippen molar-refractivity contribution in [2.75, 3.05) is 13.2 Å². The van der Waals surface area contributed by atoms with E-state index in [-0.39, 0.29) is 16.9 Å². The normalized spacial score (nSPS) is 17.1. The smallest absolute Gasteiger partial charge is 0.198 e. The third-order valence-electron chi connectivity index (χ3n) is 5.09. The summed E-state index contributed by atoms with van der Waals surface area (Å²) >= 11 is 0. The number of sulfone groups is 1. The van der Waals surface area contributed by atoms with Gasteiger partial charge in [0.05, 0.1) is 30.4 Å². The van der Waals surface area contributed by atoms with Crippen molar-refractivity contribution in [2.24, 2.45) is 0 Å². The van der Waals surface area contributed by atoms with Crippen LogP contribution in [0.5, 0.6) is 0 Å². The molecule has 0 bridgehead atoms. The third-order valence-corrected chi connectivity index (χ3v) is 6.66. The van der Waals surface area contributed by atoms with Crippen LogP contribution in [-0.4, -0.2) is 52.8 Å². The van der Waals surface area contributed by atoms with Crippen molar-refractivity contribution in [3.63, 3.8) is 0 Å². The fourth-order valence-corrected chi connectivity index (χ4v) is 4.72. The second-order valence-corrected chi connectivity index (χ2v) is 9.49. The lowest BCUT2D eigenvalue weighted by Gasteiger charge is -2.23. The molecule has 2 aromatic heterocycles. The van der Waals surface area contributed by atoms with Crippen LogP contribution >= 0.6 is 0 Å². The Bertz CT molecular complexity index is 1040. The molecule has 1 aliphatic rings. The highest BCUT2D eigenvalue weighted by Gasteiger charge is 2.24. The van der Waals surface area contributed by atoms with Crippen molar-refractivity contribution in [3.05, 3.63) is 59.8 Å². The van der Waals surface area contributed by atoms with Gasteiger partial charge in [-0.3, -0.25) is 4.90 Å². The number of aryl methyl sites for hydroxylation is 1. The molecule has 9 nitrogen and oxygen atoms in total. The van der Waals surface area contributed by atoms with Crippen LogP contribution in [0.4, 0.5) is 0 Å². The van der Waals surface area contributed by atoms with Gasteiger partial charge >= 0.3 is 0 Å². The van der Waals surface area contributed by atoms with Crippen LogP contribution < -0.4 is 0 Å². The summed E-state index contributed by atoms with van der Waals surface area (Å²) in [4.78, 5) is 2.37. The van der Waals surface area contributed by atoms with E-state index in [0.717, 1.165) is 30.8 Å². The molecule has 0 spiro atoms. The van der Waals surface area contributed by atoms with Gasteiger partial charge in [0.1, 0.15) is 5.76 Å². The zero-order chi connectivity index (χ0) is 21.0. The number of aromatic nitrogens is 4. The highest BCUT2D eigenvalue weighted by atomic mass is 32.2. The van der Waals surface area contributed by atoms with E-state index >= 15 is 0 Å². The SMILES string of the molecule is Cc1ccc(S(=O)(=O)Cn2nnnc2CN(Cc2ccco2)C[C@@H]2CCCO2)cc1. The lowest BCUT2D eigenvalue weighted by Crippen LogP contribution is -2.32. The van der Waals surface area contributed by atoms with Gasteiger partial charge in [-0.15, -0.1) is 5.10 Å². The predicted octanol–water partition coefficient (Wildman–Crippen LogP) is 2.19. The van der Waals surface area contributed by atoms with Gasteiger partial charge in [0, 0.05) is 13.2 Å². The van der Waals surface area contributed by atoms with Crippen LogP contribution in [0.1, 0.15) is 30.0 Å². The molecule has 3 aromatic rings. The van der Waals surface area contributed by atoms with Gasteiger partial charge in [-0.05, 0) is 54.5 Å². The molecule has 0 aliphatic carbocycles. The summed E-state index contributed by atoms with van der Waals surface area (Å²) in [6.07, 6.45) is 3.82. The molecule has 1 atom stereocenters. The minimum absolute atomic E-state index is 0.139. The molecule has 1 aliphatic heterocycles. The maximum absolute atomic E-state index is 12.8. The van der Waals surface area contributed by atoms with E-state index in [9.17, 15) is 8.42 Å². The monoisotopic (exact) mass is 431 g/mol. The summed E-state index contributed by atoms with van der Waals surface area (Å²) in [6.45, 7) is 4.32. The van der Waals surface area contributed by atoms with Crippen LogP contribution in [0.25, 0.3) is 0 Å². The summed E-state index contributed by atoms with van der Waals surface area (Å²) in [5, 5.41) is 11.7. The molecule has 0 N–H and O–H groups in total. The standard InChI is InChI=1S/C20H25N5O4S/c1-16-6-8-19(9-7-16)30(26,27)15-25-20(21-22-23-25)14-24(12-17-4-2-10-28-17)13-18-5-3-11-29-18/h2,4,6-10,18H,3,5,11-15H2,1H3/t18-/m0/s1. The highest BCUT2D eigenvalue weighted by molar-refractivity contribution is 7.90. The van der Waals surface area contributed by atoms with E-state index in [1.807, 2.05) is 19.1 Å². The number of hydrogen-bond donors (Lipinski definition) is 0. The van der Waals surface area contributed by atoms with Gasteiger partial charge in [0.25, 0.3) is 0 Å². The third kappa shape index (κ3) is 5.13. The molecule has 160 valence electrons. The van der Waals surface area contributed by atoms with Crippen LogP contribution in [0, 0.1) is 6.92 Å². The molecule has 1 fully saturated rings. The van der Waals surface area contributed by atoms with Crippen LogP contribution in [0.3, 0.4) is 0 Å². The molecule has 3 heterocycles. The van der Waals surface area contributed by atoms with Crippen molar-refractivity contribution < 1.29 is 17.6 Å². The zero-order valence-electron chi connectivity index (χ0n) is 16.8. The summed E-state index contributed by atoms with van der Waals surface area (Å²) < 4.78 is 38.2. The van der Waals surface area contributed by atoms with Gasteiger partial charge in [-0.25, -0.2) is 13.1 Å². The fourth-order valence-electron chi connectivity index (χ4n) is 3.50. The molecular formula is C20H25N5O4S. The summed E-state index contributed by atoms with van der Waals surface area (Å²) in [6, 6.07) is 10.5. The maximum atomic E-state index is 12.8. The number of hydrogen-bond acceptors (Lipinski definition) is 8. The first-order chi connectivity index (χ1) is 14.5. The minimum Gasteiger partial charge on any atom is -0.468 e. The second kappa shape index (κ2) is 9.07. The van der Waals surface area contributed by atoms with Crippen molar-refractivity contribution in [1.29, 1.82) is 0 Å². The Morgan fingerprint density at radius 2 is 2.03 bits per heavy atom. The van der Waals surface area contributed by atoms with Gasteiger partial charge in [-0.2, -0.15) is 0 Å². The van der Waals surface area contributed by atoms with E-state index in [2.05, 4.69) is 20.4 Å². The Morgan fingerprint density at radius 1 is 1.20 bits per heavy atom. The molecule has 1 saturated heterocycles. The number of furan rings is 1. The van der Waals surface area contributed by atoms with Crippen LogP contribution in [0.2, 0.25) is 0 Å². The number of tetrazole rings is 1. The number of rotatable bonds is 9. The number of ether oxygens (including phenoxy) is 1. The Morgan fingerprint density at radius 3 is 2.73 bits per heavy atom. The van der Waals surface area contributed by atoms with E-state index in [4.69, 9.17) is 9.15 Å². The molecule has 10 heteroatoms. The van der Waals surface area contributed by atoms with Crippen molar-refractivity contribution in [1.82, 2.24) is 25.1 Å². The Balaban J connectivity index is 1.50. The van der Waals surface area contributed by atoms with Crippen molar-refractivity contribution in [3.8, 4) is 0 Å². The van der Waals surface area contributed by atoms with Gasteiger partial charge in [0.15, 0.2) is 21.5 Å². The van der Waals surface area contributed by atoms with Crippen LogP contribution in [-0.2, 0) is 33.5 Å². The average Bonchev–Trinajstić information content (AvgIpc) is 3.47. The first-order valence-corrected chi connectivity index (χ1v) is 11.6. The molecule has 4 rings (SSSR count). The first kappa shape index (κ1) is 20.7.